The smallest absolute Gasteiger partial charge is 0.184 e. The van der Waals surface area contributed by atoms with Gasteiger partial charge in [-0.15, -0.1) is 0 Å². The van der Waals surface area contributed by atoms with Gasteiger partial charge in [-0.2, -0.15) is 0 Å². The number of aliphatic hydroxyl groups is 1. The number of halogens is 1. The van der Waals surface area contributed by atoms with Crippen molar-refractivity contribution in [3.63, 3.8) is 0 Å². The van der Waals surface area contributed by atoms with E-state index in [2.05, 4.69) is 33.6 Å². The molecule has 5 heteroatoms. The summed E-state index contributed by atoms with van der Waals surface area (Å²) in [5.41, 5.74) is 2.77. The van der Waals surface area contributed by atoms with Gasteiger partial charge in [0.25, 0.3) is 0 Å². The van der Waals surface area contributed by atoms with Gasteiger partial charge in [0.15, 0.2) is 11.7 Å². The van der Waals surface area contributed by atoms with E-state index < -0.39 is 11.5 Å². The number of aliphatic hydroxyl groups excluding tert-OH is 1. The van der Waals surface area contributed by atoms with Gasteiger partial charge in [-0.3, -0.25) is 8.72 Å². The van der Waals surface area contributed by atoms with Crippen LogP contribution in [-0.4, -0.2) is 20.9 Å². The van der Waals surface area contributed by atoms with E-state index in [-0.39, 0.29) is 11.7 Å². The molecule has 4 aliphatic rings. The summed E-state index contributed by atoms with van der Waals surface area (Å²) in [6, 6.07) is -0.470. The second-order valence-electron chi connectivity index (χ2n) is 5.68. The third kappa shape index (κ3) is 1.58. The molecule has 0 radical (unpaired) electrons. The molecule has 0 saturated carbocycles. The number of allylic oxidation sites excluding steroid dienone is 6. The Kier molecular flexibility index (Phi) is 2.70. The van der Waals surface area contributed by atoms with Crippen LogP contribution in [0.2, 0.25) is 0 Å². The van der Waals surface area contributed by atoms with E-state index in [0.717, 1.165) is 29.8 Å². The van der Waals surface area contributed by atoms with E-state index in [1.807, 2.05) is 22.2 Å². The first-order valence-corrected chi connectivity index (χ1v) is 7.81. The lowest BCUT2D eigenvalue weighted by Crippen LogP contribution is -2.51. The first kappa shape index (κ1) is 13.0. The first-order valence-electron chi connectivity index (χ1n) is 7.10. The van der Waals surface area contributed by atoms with Crippen LogP contribution in [0.4, 0.5) is 0 Å². The summed E-state index contributed by atoms with van der Waals surface area (Å²) in [5.74, 6) is 0.136. The van der Waals surface area contributed by atoms with Crippen molar-refractivity contribution in [2.24, 2.45) is 5.41 Å². The molecular formula is C16H15BrN2O2. The number of hydrogen-bond donors (Lipinski definition) is 2. The molecule has 2 atom stereocenters. The number of rotatable bonds is 0. The fourth-order valence-corrected chi connectivity index (χ4v) is 4.51. The van der Waals surface area contributed by atoms with Gasteiger partial charge in [0.2, 0.25) is 0 Å². The van der Waals surface area contributed by atoms with Gasteiger partial charge in [-0.1, -0.05) is 30.4 Å². The van der Waals surface area contributed by atoms with Gasteiger partial charge in [-0.25, -0.2) is 0 Å². The van der Waals surface area contributed by atoms with Crippen LogP contribution in [0.3, 0.4) is 0 Å². The molecule has 0 aromatic heterocycles. The van der Waals surface area contributed by atoms with Gasteiger partial charge in [0.1, 0.15) is 6.04 Å². The predicted octanol–water partition coefficient (Wildman–Crippen LogP) is 2.99. The number of ketones is 1. The average molecular weight is 347 g/mol. The minimum atomic E-state index is -0.536. The van der Waals surface area contributed by atoms with Crippen molar-refractivity contribution in [3.05, 3.63) is 59.3 Å². The van der Waals surface area contributed by atoms with Gasteiger partial charge < -0.3 is 10.4 Å². The highest BCUT2D eigenvalue weighted by Gasteiger charge is 2.57. The lowest BCUT2D eigenvalue weighted by atomic mass is 9.67. The molecule has 2 unspecified atom stereocenters. The summed E-state index contributed by atoms with van der Waals surface area (Å²) in [7, 11) is 0. The summed E-state index contributed by atoms with van der Waals surface area (Å²) in [4.78, 5) is 12.5. The molecule has 2 aliphatic carbocycles. The van der Waals surface area contributed by atoms with E-state index >= 15 is 0 Å². The lowest BCUT2D eigenvalue weighted by molar-refractivity contribution is -0.122. The van der Waals surface area contributed by atoms with Crippen molar-refractivity contribution < 1.29 is 9.90 Å². The largest absolute Gasteiger partial charge is 0.495 e. The van der Waals surface area contributed by atoms with Crippen molar-refractivity contribution in [3.8, 4) is 0 Å². The molecular weight excluding hydrogens is 332 g/mol. The SMILES string of the molecule is O=C1CC=C2N(Br)C3=CCCC=C3C23C=CC=C(O)NC13. The molecule has 0 bridgehead atoms. The average Bonchev–Trinajstić information content (AvgIpc) is 2.61. The minimum Gasteiger partial charge on any atom is -0.495 e. The van der Waals surface area contributed by atoms with Crippen molar-refractivity contribution in [1.29, 1.82) is 0 Å². The highest BCUT2D eigenvalue weighted by Crippen LogP contribution is 2.58. The van der Waals surface area contributed by atoms with Crippen LogP contribution in [0.15, 0.2) is 59.3 Å². The quantitative estimate of drug-likeness (QED) is 0.662. The topological polar surface area (TPSA) is 52.6 Å². The van der Waals surface area contributed by atoms with Crippen molar-refractivity contribution in [2.45, 2.75) is 25.3 Å². The zero-order valence-electron chi connectivity index (χ0n) is 11.3. The molecule has 4 rings (SSSR count). The van der Waals surface area contributed by atoms with Crippen molar-refractivity contribution in [2.75, 3.05) is 0 Å². The summed E-state index contributed by atoms with van der Waals surface area (Å²) >= 11 is 3.64. The minimum absolute atomic E-state index is 0.0395. The number of carbonyl (C=O) groups is 1. The van der Waals surface area contributed by atoms with Gasteiger partial charge in [0.05, 0.1) is 27.3 Å². The second-order valence-corrected chi connectivity index (χ2v) is 6.39. The van der Waals surface area contributed by atoms with E-state index in [1.54, 1.807) is 6.08 Å². The fourth-order valence-electron chi connectivity index (χ4n) is 3.73. The molecule has 2 heterocycles. The zero-order chi connectivity index (χ0) is 14.6. The Hall–Kier alpha value is -1.75. The number of Topliss-reactive ketones (excluding diaryl/α,β-unsaturated/α-hetero) is 1. The normalized spacial score (nSPS) is 33.7. The Bertz CT molecular complexity index is 686. The van der Waals surface area contributed by atoms with Crippen LogP contribution < -0.4 is 5.32 Å². The Morgan fingerprint density at radius 2 is 2.14 bits per heavy atom. The number of fused-ring (bicyclic) bond motifs is 1. The van der Waals surface area contributed by atoms with Crippen molar-refractivity contribution in [1.82, 2.24) is 9.24 Å². The molecule has 0 aromatic rings. The van der Waals surface area contributed by atoms with Crippen LogP contribution in [-0.2, 0) is 4.79 Å². The number of nitrogens with one attached hydrogen (secondary N) is 1. The van der Waals surface area contributed by atoms with Crippen LogP contribution in [0.25, 0.3) is 0 Å². The standard InChI is InChI=1S/C16H15BrN2O2/c17-19-11-5-2-1-4-10(11)16-9-3-6-14(21)18-15(16)12(20)7-8-13(16)19/h3-6,8-9,15,18,21H,1-2,7H2. The number of nitrogens with zero attached hydrogens (tertiary/aromatic N) is 1. The van der Waals surface area contributed by atoms with Gasteiger partial charge in [0, 0.05) is 12.1 Å². The highest BCUT2D eigenvalue weighted by molar-refractivity contribution is 9.07. The molecule has 1 fully saturated rings. The maximum Gasteiger partial charge on any atom is 0.184 e. The van der Waals surface area contributed by atoms with E-state index in [4.69, 9.17) is 0 Å². The van der Waals surface area contributed by atoms with E-state index in [0.29, 0.717) is 6.42 Å². The summed E-state index contributed by atoms with van der Waals surface area (Å²) in [6.45, 7) is 0. The monoisotopic (exact) mass is 346 g/mol. The molecule has 4 nitrogen and oxygen atoms in total. The third-order valence-corrected chi connectivity index (χ3v) is 5.36. The molecule has 108 valence electrons. The fraction of sp³-hybridized carbons (Fsp3) is 0.312. The first-order chi connectivity index (χ1) is 10.1. The Morgan fingerprint density at radius 1 is 1.33 bits per heavy atom. The molecule has 21 heavy (non-hydrogen) atoms. The number of carbonyl (C=O) groups excluding carboxylic acids is 1. The third-order valence-electron chi connectivity index (χ3n) is 4.60. The molecule has 1 saturated heterocycles. The molecule has 0 aromatic carbocycles. The van der Waals surface area contributed by atoms with Gasteiger partial charge >= 0.3 is 0 Å². The van der Waals surface area contributed by atoms with E-state index in [9.17, 15) is 9.90 Å². The second kappa shape index (κ2) is 4.37. The van der Waals surface area contributed by atoms with Crippen LogP contribution >= 0.6 is 16.1 Å². The molecule has 0 amide bonds. The Balaban J connectivity index is 1.98. The number of hydrogen-bond acceptors (Lipinski definition) is 4. The Morgan fingerprint density at radius 3 is 3.00 bits per heavy atom. The molecule has 1 spiro atoms. The molecule has 2 N–H and O–H groups in total. The van der Waals surface area contributed by atoms with Gasteiger partial charge in [-0.05, 0) is 24.5 Å². The maximum atomic E-state index is 12.5. The van der Waals surface area contributed by atoms with Crippen LogP contribution in [0.5, 0.6) is 0 Å². The maximum absolute atomic E-state index is 12.5. The van der Waals surface area contributed by atoms with E-state index in [1.165, 1.54) is 0 Å². The summed E-state index contributed by atoms with van der Waals surface area (Å²) in [5, 5.41) is 12.9. The highest BCUT2D eigenvalue weighted by atomic mass is 79.9. The predicted molar refractivity (Wildman–Crippen MR) is 83.1 cm³/mol. The zero-order valence-corrected chi connectivity index (χ0v) is 12.9. The van der Waals surface area contributed by atoms with Crippen molar-refractivity contribution >= 4 is 21.9 Å². The molecule has 2 aliphatic heterocycles. The lowest BCUT2D eigenvalue weighted by Gasteiger charge is -2.38. The Labute approximate surface area is 131 Å². The van der Waals surface area contributed by atoms with Crippen LogP contribution in [0.1, 0.15) is 19.3 Å². The summed E-state index contributed by atoms with van der Waals surface area (Å²) < 4.78 is 2.01. The summed E-state index contributed by atoms with van der Waals surface area (Å²) in [6.07, 6.45) is 14.2. The van der Waals surface area contributed by atoms with Crippen LogP contribution in [0, 0.1) is 5.41 Å².